The molecule has 0 spiro atoms. The van der Waals surface area contributed by atoms with Crippen molar-refractivity contribution < 1.29 is 8.94 Å². The minimum Gasteiger partial charge on any atom is -0.591 e. The van der Waals surface area contributed by atoms with Crippen LogP contribution in [0.2, 0.25) is 0 Å². The predicted octanol–water partition coefficient (Wildman–Crippen LogP) is 4.15. The van der Waals surface area contributed by atoms with E-state index in [1.807, 2.05) is 26.8 Å². The van der Waals surface area contributed by atoms with Gasteiger partial charge in [-0.2, -0.15) is 0 Å². The highest BCUT2D eigenvalue weighted by Crippen LogP contribution is 2.47. The lowest BCUT2D eigenvalue weighted by atomic mass is 9.97. The molecule has 0 bridgehead atoms. The van der Waals surface area contributed by atoms with Crippen LogP contribution in [-0.2, 0) is 16.8 Å². The monoisotopic (exact) mass is 345 g/mol. The van der Waals surface area contributed by atoms with Gasteiger partial charge >= 0.3 is 0 Å². The summed E-state index contributed by atoms with van der Waals surface area (Å²) in [6, 6.07) is 5.13. The van der Waals surface area contributed by atoms with Gasteiger partial charge in [0.25, 0.3) is 0 Å². The van der Waals surface area contributed by atoms with Crippen LogP contribution in [0.15, 0.2) is 27.1 Å². The maximum Gasteiger partial charge on any atom is 0.144 e. The summed E-state index contributed by atoms with van der Waals surface area (Å²) in [4.78, 5) is 0. The van der Waals surface area contributed by atoms with Crippen molar-refractivity contribution in [3.05, 3.63) is 34.1 Å². The topological polar surface area (TPSA) is 35.4 Å². The average molecular weight is 346 g/mol. The second-order valence-corrected chi connectivity index (χ2v) is 8.67. The van der Waals surface area contributed by atoms with Gasteiger partial charge < -0.3 is 4.55 Å². The first-order valence-electron chi connectivity index (χ1n) is 6.17. The Morgan fingerprint density at radius 2 is 2.05 bits per heavy atom. The normalized spacial score (nSPS) is 19.7. The smallest absolute Gasteiger partial charge is 0.144 e. The van der Waals surface area contributed by atoms with E-state index in [2.05, 4.69) is 20.3 Å². The molecule has 1 aliphatic rings. The second-order valence-electron chi connectivity index (χ2n) is 5.88. The summed E-state index contributed by atoms with van der Waals surface area (Å²) in [5.41, 5.74) is 0.686. The Balaban J connectivity index is 2.20. The zero-order chi connectivity index (χ0) is 14.3. The molecule has 104 valence electrons. The third-order valence-corrected chi connectivity index (χ3v) is 5.19. The molecule has 1 saturated carbocycles. The third kappa shape index (κ3) is 3.38. The van der Waals surface area contributed by atoms with E-state index in [9.17, 15) is 8.94 Å². The van der Waals surface area contributed by atoms with Crippen LogP contribution in [0.4, 0.5) is 4.39 Å². The predicted molar refractivity (Wildman–Crippen MR) is 81.4 cm³/mol. The largest absolute Gasteiger partial charge is 0.591 e. The molecule has 1 aromatic rings. The van der Waals surface area contributed by atoms with E-state index in [0.717, 1.165) is 18.4 Å². The highest BCUT2D eigenvalue weighted by atomic mass is 79.9. The van der Waals surface area contributed by atoms with Gasteiger partial charge in [0.1, 0.15) is 21.9 Å². The summed E-state index contributed by atoms with van der Waals surface area (Å²) < 4.78 is 29.8. The average Bonchev–Trinajstić information content (AvgIpc) is 3.09. The first-order chi connectivity index (χ1) is 8.74. The Labute approximate surface area is 125 Å². The molecule has 0 N–H and O–H groups in total. The van der Waals surface area contributed by atoms with Gasteiger partial charge in [-0.3, -0.25) is 0 Å². The lowest BCUT2D eigenvalue weighted by Crippen LogP contribution is -2.26. The standard InChI is InChI=1S/C14H17BrFNOS/c1-13(2,3)19(18)17-9-14(6-7-14)10-4-5-11(15)12(16)8-10/h4-5,8-9H,6-7H2,1-3H3/t19-/m1/s1. The Morgan fingerprint density at radius 1 is 1.42 bits per heavy atom. The highest BCUT2D eigenvalue weighted by Gasteiger charge is 2.44. The van der Waals surface area contributed by atoms with Gasteiger partial charge in [-0.15, -0.1) is 0 Å². The van der Waals surface area contributed by atoms with Gasteiger partial charge in [-0.05, 0) is 67.2 Å². The molecule has 2 rings (SSSR count). The van der Waals surface area contributed by atoms with Gasteiger partial charge in [0.05, 0.1) is 10.7 Å². The SMILES string of the molecule is CC(C)(C)[S@@+]([O-])N=CC1(c2ccc(Br)c(F)c2)CC1. The zero-order valence-electron chi connectivity index (χ0n) is 11.2. The molecule has 0 aliphatic heterocycles. The van der Waals surface area contributed by atoms with E-state index in [0.29, 0.717) is 4.47 Å². The van der Waals surface area contributed by atoms with Crippen molar-refractivity contribution >= 4 is 33.5 Å². The van der Waals surface area contributed by atoms with Crippen LogP contribution in [0.3, 0.4) is 0 Å². The van der Waals surface area contributed by atoms with Gasteiger partial charge in [0.2, 0.25) is 0 Å². The summed E-state index contributed by atoms with van der Waals surface area (Å²) in [6.07, 6.45) is 3.61. The van der Waals surface area contributed by atoms with Crippen molar-refractivity contribution in [3.8, 4) is 0 Å². The fourth-order valence-corrected chi connectivity index (χ4v) is 2.60. The maximum atomic E-state index is 13.6. The molecule has 0 saturated heterocycles. The molecular formula is C14H17BrFNOS. The molecule has 1 atom stereocenters. The fourth-order valence-electron chi connectivity index (χ4n) is 1.74. The minimum atomic E-state index is -1.26. The first-order valence-corrected chi connectivity index (χ1v) is 8.07. The van der Waals surface area contributed by atoms with E-state index in [1.165, 1.54) is 6.07 Å². The number of hydrogen-bond donors (Lipinski definition) is 0. The second kappa shape index (κ2) is 5.19. The quantitative estimate of drug-likeness (QED) is 0.598. The number of rotatable bonds is 3. The molecule has 19 heavy (non-hydrogen) atoms. The van der Waals surface area contributed by atoms with E-state index >= 15 is 0 Å². The molecule has 0 aromatic heterocycles. The summed E-state index contributed by atoms with van der Waals surface area (Å²) >= 11 is 1.89. The van der Waals surface area contributed by atoms with Gasteiger partial charge in [-0.1, -0.05) is 10.5 Å². The van der Waals surface area contributed by atoms with E-state index in [1.54, 1.807) is 12.3 Å². The Hall–Kier alpha value is -0.390. The summed E-state index contributed by atoms with van der Waals surface area (Å²) in [7, 11) is 0. The molecule has 1 fully saturated rings. The molecule has 1 aliphatic carbocycles. The minimum absolute atomic E-state index is 0.220. The lowest BCUT2D eigenvalue weighted by molar-refractivity contribution is 0.561. The van der Waals surface area contributed by atoms with Crippen LogP contribution in [0, 0.1) is 5.82 Å². The number of nitrogens with zero attached hydrogens (tertiary/aromatic N) is 1. The highest BCUT2D eigenvalue weighted by molar-refractivity contribution is 9.10. The van der Waals surface area contributed by atoms with Crippen LogP contribution in [0.5, 0.6) is 0 Å². The van der Waals surface area contributed by atoms with Crippen LogP contribution in [0.1, 0.15) is 39.2 Å². The molecule has 1 aromatic carbocycles. The molecule has 2 nitrogen and oxygen atoms in total. The number of hydrogen-bond acceptors (Lipinski definition) is 2. The summed E-state index contributed by atoms with van der Waals surface area (Å²) in [6.45, 7) is 5.66. The van der Waals surface area contributed by atoms with E-state index < -0.39 is 11.4 Å². The van der Waals surface area contributed by atoms with Crippen LogP contribution >= 0.6 is 15.9 Å². The van der Waals surface area contributed by atoms with Crippen LogP contribution in [0.25, 0.3) is 0 Å². The molecule has 0 heterocycles. The number of halogens is 2. The van der Waals surface area contributed by atoms with Crippen molar-refractivity contribution in [1.29, 1.82) is 0 Å². The molecule has 0 radical (unpaired) electrons. The summed E-state index contributed by atoms with van der Waals surface area (Å²) in [5, 5.41) is 0. The number of benzene rings is 1. The Kier molecular flexibility index (Phi) is 4.10. The molecular weight excluding hydrogens is 329 g/mol. The van der Waals surface area contributed by atoms with Crippen molar-refractivity contribution in [1.82, 2.24) is 0 Å². The third-order valence-electron chi connectivity index (χ3n) is 3.20. The van der Waals surface area contributed by atoms with E-state index in [-0.39, 0.29) is 16.0 Å². The zero-order valence-corrected chi connectivity index (χ0v) is 13.6. The Morgan fingerprint density at radius 3 is 2.53 bits per heavy atom. The first kappa shape index (κ1) is 15.0. The molecule has 5 heteroatoms. The van der Waals surface area contributed by atoms with Crippen LogP contribution < -0.4 is 0 Å². The van der Waals surface area contributed by atoms with Crippen molar-refractivity contribution in [2.24, 2.45) is 4.40 Å². The van der Waals surface area contributed by atoms with Crippen LogP contribution in [-0.4, -0.2) is 15.5 Å². The Bertz CT molecular complexity index is 509. The van der Waals surface area contributed by atoms with Crippen molar-refractivity contribution in [3.63, 3.8) is 0 Å². The van der Waals surface area contributed by atoms with E-state index in [4.69, 9.17) is 0 Å². The van der Waals surface area contributed by atoms with Gasteiger partial charge in [0.15, 0.2) is 0 Å². The van der Waals surface area contributed by atoms with Crippen molar-refractivity contribution in [2.75, 3.05) is 0 Å². The molecule has 0 unspecified atom stereocenters. The van der Waals surface area contributed by atoms with Gasteiger partial charge in [-0.25, -0.2) is 4.39 Å². The lowest BCUT2D eigenvalue weighted by Gasteiger charge is -2.19. The maximum absolute atomic E-state index is 13.6. The van der Waals surface area contributed by atoms with Gasteiger partial charge in [0, 0.05) is 5.41 Å². The molecule has 0 amide bonds. The van der Waals surface area contributed by atoms with Crippen molar-refractivity contribution in [2.45, 2.75) is 43.8 Å². The fraction of sp³-hybridized carbons (Fsp3) is 0.500. The summed E-state index contributed by atoms with van der Waals surface area (Å²) in [5.74, 6) is -0.269.